The zero-order valence-electron chi connectivity index (χ0n) is 21.1. The SMILES string of the molecule is CN/C(C)=C(\N)C(=O)NCc1nc(-c2sc3c(NC4CCN(C)CC4F)cccc3c2CC(F)(F)F)no1. The topological polar surface area (TPSA) is 121 Å². The lowest BCUT2D eigenvalue weighted by Crippen LogP contribution is -2.46. The highest BCUT2D eigenvalue weighted by atomic mass is 32.1. The molecule has 0 aliphatic carbocycles. The van der Waals surface area contributed by atoms with E-state index in [2.05, 4.69) is 26.1 Å². The Kier molecular flexibility index (Phi) is 8.11. The number of amides is 1. The fourth-order valence-corrected chi connectivity index (χ4v) is 5.46. The molecule has 14 heteroatoms. The summed E-state index contributed by atoms with van der Waals surface area (Å²) in [6.07, 6.45) is -6.24. The van der Waals surface area contributed by atoms with Crippen LogP contribution in [0.1, 0.15) is 24.8 Å². The number of anilines is 1. The van der Waals surface area contributed by atoms with Gasteiger partial charge in [0.1, 0.15) is 11.9 Å². The van der Waals surface area contributed by atoms with Crippen LogP contribution < -0.4 is 21.7 Å². The molecule has 2 unspecified atom stereocenters. The predicted molar refractivity (Wildman–Crippen MR) is 137 cm³/mol. The van der Waals surface area contributed by atoms with Gasteiger partial charge in [0.15, 0.2) is 0 Å². The van der Waals surface area contributed by atoms with Crippen molar-refractivity contribution < 1.29 is 26.9 Å². The molecule has 0 saturated carbocycles. The van der Waals surface area contributed by atoms with Gasteiger partial charge in [-0.3, -0.25) is 4.79 Å². The van der Waals surface area contributed by atoms with Gasteiger partial charge >= 0.3 is 6.18 Å². The van der Waals surface area contributed by atoms with E-state index in [1.54, 1.807) is 32.2 Å². The Labute approximate surface area is 220 Å². The van der Waals surface area contributed by atoms with Crippen molar-refractivity contribution in [2.75, 3.05) is 32.5 Å². The maximum absolute atomic E-state index is 14.7. The Bertz CT molecular complexity index is 1340. The first-order valence-corrected chi connectivity index (χ1v) is 12.7. The average Bonchev–Trinajstić information content (AvgIpc) is 3.47. The van der Waals surface area contributed by atoms with Gasteiger partial charge in [0.25, 0.3) is 5.91 Å². The van der Waals surface area contributed by atoms with Crippen molar-refractivity contribution in [2.24, 2.45) is 5.73 Å². The summed E-state index contributed by atoms with van der Waals surface area (Å²) in [5.74, 6) is -0.589. The first-order valence-electron chi connectivity index (χ1n) is 11.9. The number of halogens is 4. The molecule has 0 bridgehead atoms. The second kappa shape index (κ2) is 11.2. The Morgan fingerprint density at radius 3 is 2.79 bits per heavy atom. The second-order valence-electron chi connectivity index (χ2n) is 9.18. The molecule has 1 aliphatic heterocycles. The van der Waals surface area contributed by atoms with E-state index in [-0.39, 0.29) is 40.9 Å². The van der Waals surface area contributed by atoms with Gasteiger partial charge in [-0.1, -0.05) is 17.3 Å². The van der Waals surface area contributed by atoms with Crippen LogP contribution in [0.4, 0.5) is 23.2 Å². The van der Waals surface area contributed by atoms with E-state index in [1.165, 1.54) is 0 Å². The summed E-state index contributed by atoms with van der Waals surface area (Å²) in [6, 6.07) is 4.52. The van der Waals surface area contributed by atoms with Crippen molar-refractivity contribution in [1.29, 1.82) is 0 Å². The second-order valence-corrected chi connectivity index (χ2v) is 10.2. The third-order valence-electron chi connectivity index (χ3n) is 6.38. The first-order chi connectivity index (χ1) is 18.0. The van der Waals surface area contributed by atoms with Crippen molar-refractivity contribution in [3.8, 4) is 10.7 Å². The Morgan fingerprint density at radius 2 is 2.11 bits per heavy atom. The highest BCUT2D eigenvalue weighted by Crippen LogP contribution is 2.43. The highest BCUT2D eigenvalue weighted by Gasteiger charge is 2.33. The maximum atomic E-state index is 14.7. The molecule has 4 rings (SSSR count). The normalized spacial score (nSPS) is 19.3. The number of allylic oxidation sites excluding steroid dienone is 1. The van der Waals surface area contributed by atoms with Gasteiger partial charge in [-0.15, -0.1) is 11.3 Å². The molecular formula is C24H29F4N7O2S. The first kappa shape index (κ1) is 27.6. The van der Waals surface area contributed by atoms with Crippen LogP contribution in [-0.4, -0.2) is 66.5 Å². The van der Waals surface area contributed by atoms with Crippen LogP contribution in [0.2, 0.25) is 0 Å². The summed E-state index contributed by atoms with van der Waals surface area (Å²) < 4.78 is 61.2. The zero-order valence-corrected chi connectivity index (χ0v) is 21.9. The third kappa shape index (κ3) is 6.18. The summed E-state index contributed by atoms with van der Waals surface area (Å²) in [5.41, 5.74) is 6.76. The van der Waals surface area contributed by atoms with Gasteiger partial charge < -0.3 is 31.1 Å². The number of benzene rings is 1. The van der Waals surface area contributed by atoms with Gasteiger partial charge in [0.05, 0.1) is 34.3 Å². The molecule has 5 N–H and O–H groups in total. The van der Waals surface area contributed by atoms with Gasteiger partial charge in [-0.05, 0) is 37.4 Å². The minimum absolute atomic E-state index is 0.00335. The molecule has 206 valence electrons. The molecule has 0 radical (unpaired) electrons. The summed E-state index contributed by atoms with van der Waals surface area (Å²) in [6.45, 7) is 2.46. The molecule has 2 atom stereocenters. The molecule has 0 spiro atoms. The number of nitrogens with one attached hydrogen (secondary N) is 3. The summed E-state index contributed by atoms with van der Waals surface area (Å²) in [7, 11) is 3.46. The van der Waals surface area contributed by atoms with Crippen molar-refractivity contribution in [3.63, 3.8) is 0 Å². The number of aromatic nitrogens is 2. The molecule has 38 heavy (non-hydrogen) atoms. The van der Waals surface area contributed by atoms with Crippen LogP contribution in [-0.2, 0) is 17.8 Å². The monoisotopic (exact) mass is 555 g/mol. The van der Waals surface area contributed by atoms with Crippen LogP contribution >= 0.6 is 11.3 Å². The van der Waals surface area contributed by atoms with Crippen LogP contribution in [0, 0.1) is 0 Å². The largest absolute Gasteiger partial charge is 0.393 e. The van der Waals surface area contributed by atoms with Crippen molar-refractivity contribution in [3.05, 3.63) is 41.0 Å². The quantitative estimate of drug-likeness (QED) is 0.246. The number of thiophene rings is 1. The number of carbonyl (C=O) groups excluding carboxylic acids is 1. The Balaban J connectivity index is 1.65. The number of nitrogens with zero attached hydrogens (tertiary/aromatic N) is 3. The molecule has 2 aromatic heterocycles. The standard InChI is InChI=1S/C24H29F4N7O2S/c1-12(30-2)19(29)23(36)31-10-18-33-22(34-37-18)21-14(9-24(26,27)28)13-5-4-6-17(20(13)38-21)32-16-7-8-35(3)11-15(16)25/h4-6,15-16,30,32H,7-11,29H2,1-3H3,(H,31,36)/b19-12-. The molecule has 1 fully saturated rings. The number of likely N-dealkylation sites (tertiary alicyclic amines) is 1. The minimum Gasteiger partial charge on any atom is -0.393 e. The number of piperidine rings is 1. The number of hydrogen-bond acceptors (Lipinski definition) is 9. The molecule has 3 aromatic rings. The van der Waals surface area contributed by atoms with Crippen LogP contribution in [0.5, 0.6) is 0 Å². The molecule has 9 nitrogen and oxygen atoms in total. The van der Waals surface area contributed by atoms with Gasteiger partial charge in [-0.2, -0.15) is 18.2 Å². The van der Waals surface area contributed by atoms with E-state index in [1.807, 2.05) is 11.9 Å². The number of fused-ring (bicyclic) bond motifs is 1. The lowest BCUT2D eigenvalue weighted by Gasteiger charge is -2.33. The average molecular weight is 556 g/mol. The smallest absolute Gasteiger partial charge is 0.393 e. The van der Waals surface area contributed by atoms with E-state index < -0.39 is 30.7 Å². The van der Waals surface area contributed by atoms with Gasteiger partial charge in [0.2, 0.25) is 11.7 Å². The van der Waals surface area contributed by atoms with Crippen LogP contribution in [0.3, 0.4) is 0 Å². The zero-order chi connectivity index (χ0) is 27.6. The van der Waals surface area contributed by atoms with E-state index >= 15 is 0 Å². The lowest BCUT2D eigenvalue weighted by molar-refractivity contribution is -0.126. The summed E-state index contributed by atoms with van der Waals surface area (Å²) in [4.78, 5) is 18.5. The summed E-state index contributed by atoms with van der Waals surface area (Å²) in [5, 5.41) is 12.8. The number of rotatable bonds is 8. The molecule has 1 amide bonds. The van der Waals surface area contributed by atoms with Crippen molar-refractivity contribution in [2.45, 2.75) is 44.7 Å². The molecule has 1 saturated heterocycles. The molecule has 3 heterocycles. The summed E-state index contributed by atoms with van der Waals surface area (Å²) >= 11 is 1.08. The molecule has 1 aromatic carbocycles. The molecular weight excluding hydrogens is 526 g/mol. The van der Waals surface area contributed by atoms with Crippen molar-refractivity contribution in [1.82, 2.24) is 25.7 Å². The fourth-order valence-electron chi connectivity index (χ4n) is 4.23. The number of hydrogen-bond donors (Lipinski definition) is 4. The number of carbonyl (C=O) groups is 1. The van der Waals surface area contributed by atoms with Crippen molar-refractivity contribution >= 4 is 33.0 Å². The lowest BCUT2D eigenvalue weighted by atomic mass is 10.0. The van der Waals surface area contributed by atoms with Gasteiger partial charge in [0, 0.05) is 25.8 Å². The maximum Gasteiger partial charge on any atom is 0.393 e. The van der Waals surface area contributed by atoms with Gasteiger partial charge in [-0.25, -0.2) is 4.39 Å². The number of nitrogens with two attached hydrogens (primary N) is 1. The highest BCUT2D eigenvalue weighted by molar-refractivity contribution is 7.23. The van der Waals surface area contributed by atoms with E-state index in [9.17, 15) is 22.4 Å². The van der Waals surface area contributed by atoms with E-state index in [0.717, 1.165) is 11.3 Å². The third-order valence-corrected chi connectivity index (χ3v) is 7.65. The van der Waals surface area contributed by atoms with Crippen LogP contribution in [0.15, 0.2) is 34.1 Å². The fraction of sp³-hybridized carbons (Fsp3) is 0.458. The minimum atomic E-state index is -4.49. The predicted octanol–water partition coefficient (Wildman–Crippen LogP) is 3.54. The van der Waals surface area contributed by atoms with E-state index in [4.69, 9.17) is 10.3 Å². The van der Waals surface area contributed by atoms with Crippen LogP contribution in [0.25, 0.3) is 20.8 Å². The van der Waals surface area contributed by atoms with E-state index in [0.29, 0.717) is 34.4 Å². The molecule has 1 aliphatic rings. The Hall–Kier alpha value is -3.39. The number of alkyl halides is 4. The Morgan fingerprint density at radius 1 is 1.34 bits per heavy atom.